The van der Waals surface area contributed by atoms with Crippen LogP contribution in [-0.2, 0) is 13.0 Å². The summed E-state index contributed by atoms with van der Waals surface area (Å²) in [4.78, 5) is 4.79. The molecule has 1 aromatic carbocycles. The van der Waals surface area contributed by atoms with Crippen LogP contribution in [0.5, 0.6) is 0 Å². The van der Waals surface area contributed by atoms with Crippen LogP contribution in [0.1, 0.15) is 43.9 Å². The summed E-state index contributed by atoms with van der Waals surface area (Å²) in [6.45, 7) is 7.21. The van der Waals surface area contributed by atoms with Gasteiger partial charge in [0.15, 0.2) is 5.11 Å². The molecule has 3 rings (SSSR count). The van der Waals surface area contributed by atoms with Crippen LogP contribution >= 0.6 is 12.2 Å². The Bertz CT molecular complexity index is 676. The lowest BCUT2D eigenvalue weighted by molar-refractivity contribution is 0.247. The number of hydrogen-bond acceptors (Lipinski definition) is 3. The molecule has 0 saturated carbocycles. The zero-order valence-corrected chi connectivity index (χ0v) is 17.1. The van der Waals surface area contributed by atoms with Crippen molar-refractivity contribution in [3.63, 3.8) is 0 Å². The number of nitrogens with one attached hydrogen (secondary N) is 1. The topological polar surface area (TPSA) is 31.6 Å². The van der Waals surface area contributed by atoms with Crippen molar-refractivity contribution in [2.45, 2.75) is 45.6 Å². The first kappa shape index (κ1) is 19.9. The van der Waals surface area contributed by atoms with Crippen LogP contribution in [0.3, 0.4) is 0 Å². The van der Waals surface area contributed by atoms with E-state index >= 15 is 0 Å². The van der Waals surface area contributed by atoms with E-state index in [2.05, 4.69) is 46.3 Å². The molecule has 0 unspecified atom stereocenters. The lowest BCUT2D eigenvalue weighted by atomic mass is 10.1. The van der Waals surface area contributed by atoms with Crippen molar-refractivity contribution >= 4 is 23.0 Å². The molecule has 5 heteroatoms. The van der Waals surface area contributed by atoms with Gasteiger partial charge >= 0.3 is 0 Å². The third-order valence-corrected chi connectivity index (χ3v) is 5.57. The maximum Gasteiger partial charge on any atom is 0.173 e. The predicted octanol–water partition coefficient (Wildman–Crippen LogP) is 4.92. The van der Waals surface area contributed by atoms with Crippen molar-refractivity contribution in [3.05, 3.63) is 54.0 Å². The van der Waals surface area contributed by atoms with Crippen molar-refractivity contribution in [2.75, 3.05) is 31.5 Å². The lowest BCUT2D eigenvalue weighted by Gasteiger charge is -2.28. The second-order valence-corrected chi connectivity index (χ2v) is 7.62. The standard InChI is InChI=1S/C22H31N3OS/c1-2-19-9-11-20(12-10-19)23-22(27)25(18-21-8-7-17-26-21)16-15-24-13-5-3-4-6-14-24/h7-12,17H,2-6,13-16,18H2,1H3,(H,23,27). The average molecular weight is 386 g/mol. The second kappa shape index (κ2) is 10.5. The number of hydrogen-bond donors (Lipinski definition) is 1. The molecule has 0 spiro atoms. The van der Waals surface area contributed by atoms with Gasteiger partial charge in [-0.3, -0.25) is 0 Å². The van der Waals surface area contributed by atoms with Crippen LogP contribution in [0.25, 0.3) is 0 Å². The number of nitrogens with zero attached hydrogens (tertiary/aromatic N) is 2. The minimum atomic E-state index is 0.694. The van der Waals surface area contributed by atoms with Gasteiger partial charge in [-0.1, -0.05) is 31.9 Å². The van der Waals surface area contributed by atoms with Gasteiger partial charge in [0.05, 0.1) is 12.8 Å². The zero-order chi connectivity index (χ0) is 18.9. The fourth-order valence-electron chi connectivity index (χ4n) is 3.49. The van der Waals surface area contributed by atoms with E-state index in [1.807, 2.05) is 12.1 Å². The quantitative estimate of drug-likeness (QED) is 0.684. The summed E-state index contributed by atoms with van der Waals surface area (Å²) in [7, 11) is 0. The Morgan fingerprint density at radius 1 is 1.11 bits per heavy atom. The molecule has 0 radical (unpaired) electrons. The summed E-state index contributed by atoms with van der Waals surface area (Å²) in [5.41, 5.74) is 2.37. The minimum Gasteiger partial charge on any atom is -0.467 e. The van der Waals surface area contributed by atoms with Crippen LogP contribution in [0.4, 0.5) is 5.69 Å². The van der Waals surface area contributed by atoms with Gasteiger partial charge in [0.25, 0.3) is 0 Å². The molecule has 4 nitrogen and oxygen atoms in total. The average Bonchev–Trinajstić information content (AvgIpc) is 3.07. The summed E-state index contributed by atoms with van der Waals surface area (Å²) in [5.74, 6) is 0.941. The van der Waals surface area contributed by atoms with E-state index in [9.17, 15) is 0 Å². The molecule has 2 heterocycles. The molecule has 0 amide bonds. The Kier molecular flexibility index (Phi) is 7.72. The molecule has 1 N–H and O–H groups in total. The molecule has 2 aromatic rings. The molecular weight excluding hydrogens is 354 g/mol. The summed E-state index contributed by atoms with van der Waals surface area (Å²) >= 11 is 5.74. The summed E-state index contributed by atoms with van der Waals surface area (Å²) in [6, 6.07) is 12.5. The fraction of sp³-hybridized carbons (Fsp3) is 0.500. The van der Waals surface area contributed by atoms with Crippen molar-refractivity contribution in [2.24, 2.45) is 0 Å². The van der Waals surface area contributed by atoms with Gasteiger partial charge in [-0.05, 0) is 74.4 Å². The first-order chi connectivity index (χ1) is 13.2. The molecular formula is C22H31N3OS. The Morgan fingerprint density at radius 3 is 2.48 bits per heavy atom. The van der Waals surface area contributed by atoms with Gasteiger partial charge in [0, 0.05) is 18.8 Å². The molecule has 1 aliphatic heterocycles. The van der Waals surface area contributed by atoms with Gasteiger partial charge in [0.2, 0.25) is 0 Å². The van der Waals surface area contributed by atoms with E-state index in [0.29, 0.717) is 6.54 Å². The highest BCUT2D eigenvalue weighted by molar-refractivity contribution is 7.80. The summed E-state index contributed by atoms with van der Waals surface area (Å²) in [5, 5.41) is 4.16. The van der Waals surface area contributed by atoms with Crippen LogP contribution in [0.2, 0.25) is 0 Å². The van der Waals surface area contributed by atoms with Crippen molar-refractivity contribution < 1.29 is 4.42 Å². The van der Waals surface area contributed by atoms with Crippen LogP contribution < -0.4 is 5.32 Å². The fourth-order valence-corrected chi connectivity index (χ4v) is 3.76. The van der Waals surface area contributed by atoms with Crippen molar-refractivity contribution in [1.82, 2.24) is 9.80 Å². The normalized spacial score (nSPS) is 15.3. The van der Waals surface area contributed by atoms with E-state index in [1.54, 1.807) is 6.26 Å². The number of benzene rings is 1. The third kappa shape index (κ3) is 6.36. The molecule has 1 fully saturated rings. The highest BCUT2D eigenvalue weighted by Gasteiger charge is 2.15. The van der Waals surface area contributed by atoms with Crippen LogP contribution in [-0.4, -0.2) is 41.1 Å². The molecule has 1 aromatic heterocycles. The van der Waals surface area contributed by atoms with E-state index in [1.165, 1.54) is 44.3 Å². The first-order valence-corrected chi connectivity index (χ1v) is 10.5. The number of aryl methyl sites for hydroxylation is 1. The largest absolute Gasteiger partial charge is 0.467 e. The Labute approximate surface area is 168 Å². The molecule has 146 valence electrons. The Hall–Kier alpha value is -1.85. The Balaban J connectivity index is 1.61. The van der Waals surface area contributed by atoms with E-state index < -0.39 is 0 Å². The molecule has 0 aliphatic carbocycles. The van der Waals surface area contributed by atoms with Crippen molar-refractivity contribution in [3.8, 4) is 0 Å². The van der Waals surface area contributed by atoms with E-state index in [4.69, 9.17) is 16.6 Å². The molecule has 1 saturated heterocycles. The zero-order valence-electron chi connectivity index (χ0n) is 16.3. The maximum atomic E-state index is 5.74. The highest BCUT2D eigenvalue weighted by atomic mass is 32.1. The third-order valence-electron chi connectivity index (χ3n) is 5.21. The van der Waals surface area contributed by atoms with Gasteiger partial charge in [-0.2, -0.15) is 0 Å². The van der Waals surface area contributed by atoms with Gasteiger partial charge in [-0.25, -0.2) is 0 Å². The van der Waals surface area contributed by atoms with Gasteiger partial charge < -0.3 is 19.5 Å². The number of anilines is 1. The van der Waals surface area contributed by atoms with E-state index in [-0.39, 0.29) is 0 Å². The number of rotatable bonds is 7. The second-order valence-electron chi connectivity index (χ2n) is 7.24. The number of furan rings is 1. The van der Waals surface area contributed by atoms with Crippen LogP contribution in [0, 0.1) is 0 Å². The number of thiocarbonyl (C=S) groups is 1. The van der Waals surface area contributed by atoms with Gasteiger partial charge in [-0.15, -0.1) is 0 Å². The SMILES string of the molecule is CCc1ccc(NC(=S)N(CCN2CCCCCC2)Cc2ccco2)cc1. The maximum absolute atomic E-state index is 5.74. The monoisotopic (exact) mass is 385 g/mol. The van der Waals surface area contributed by atoms with E-state index in [0.717, 1.165) is 36.1 Å². The smallest absolute Gasteiger partial charge is 0.173 e. The van der Waals surface area contributed by atoms with Crippen molar-refractivity contribution in [1.29, 1.82) is 0 Å². The molecule has 0 atom stereocenters. The molecule has 27 heavy (non-hydrogen) atoms. The predicted molar refractivity (Wildman–Crippen MR) is 116 cm³/mol. The first-order valence-electron chi connectivity index (χ1n) is 10.1. The molecule has 1 aliphatic rings. The lowest BCUT2D eigenvalue weighted by Crippen LogP contribution is -2.40. The van der Waals surface area contributed by atoms with Gasteiger partial charge in [0.1, 0.15) is 5.76 Å². The highest BCUT2D eigenvalue weighted by Crippen LogP contribution is 2.14. The summed E-state index contributed by atoms with van der Waals surface area (Å²) < 4.78 is 5.56. The molecule has 0 bridgehead atoms. The van der Waals surface area contributed by atoms with Crippen LogP contribution in [0.15, 0.2) is 47.1 Å². The Morgan fingerprint density at radius 2 is 1.85 bits per heavy atom. The minimum absolute atomic E-state index is 0.694. The summed E-state index contributed by atoms with van der Waals surface area (Å²) in [6.07, 6.45) is 8.11. The number of likely N-dealkylation sites (tertiary alicyclic amines) is 1.